The molecular weight excluding hydrogens is 390 g/mol. The largest absolute Gasteiger partial charge is 0.339 e. The fourth-order valence-electron chi connectivity index (χ4n) is 5.38. The third-order valence-corrected chi connectivity index (χ3v) is 6.91. The van der Waals surface area contributed by atoms with E-state index in [-0.39, 0.29) is 17.8 Å². The van der Waals surface area contributed by atoms with Crippen molar-refractivity contribution in [3.05, 3.63) is 56.2 Å². The van der Waals surface area contributed by atoms with Crippen LogP contribution in [0.1, 0.15) is 50.2 Å². The van der Waals surface area contributed by atoms with Crippen LogP contribution in [0.25, 0.3) is 11.2 Å². The lowest BCUT2D eigenvalue weighted by Crippen LogP contribution is -2.45. The van der Waals surface area contributed by atoms with Crippen LogP contribution in [-0.2, 0) is 20.1 Å². The van der Waals surface area contributed by atoms with Gasteiger partial charge in [0.2, 0.25) is 5.95 Å². The first-order valence-electron chi connectivity index (χ1n) is 11.5. The van der Waals surface area contributed by atoms with Crippen LogP contribution in [0.5, 0.6) is 0 Å². The third kappa shape index (κ3) is 3.40. The van der Waals surface area contributed by atoms with E-state index in [4.69, 9.17) is 4.98 Å². The molecule has 2 aromatic heterocycles. The van der Waals surface area contributed by atoms with E-state index in [1.54, 1.807) is 11.6 Å². The molecule has 0 unspecified atom stereocenters. The number of aromatic nitrogens is 4. The zero-order valence-electron chi connectivity index (χ0n) is 18.7. The van der Waals surface area contributed by atoms with Gasteiger partial charge in [0.05, 0.1) is 6.54 Å². The van der Waals surface area contributed by atoms with E-state index in [9.17, 15) is 9.59 Å². The molecule has 0 N–H and O–H groups in total. The molecule has 0 spiro atoms. The highest BCUT2D eigenvalue weighted by molar-refractivity contribution is 5.75. The van der Waals surface area contributed by atoms with Gasteiger partial charge >= 0.3 is 5.69 Å². The fraction of sp³-hybridized carbons (Fsp3) is 0.542. The lowest BCUT2D eigenvalue weighted by atomic mass is 9.93. The van der Waals surface area contributed by atoms with Crippen molar-refractivity contribution in [3.63, 3.8) is 0 Å². The Morgan fingerprint density at radius 2 is 1.87 bits per heavy atom. The summed E-state index contributed by atoms with van der Waals surface area (Å²) in [6.45, 7) is 6.23. The molecule has 0 radical (unpaired) electrons. The van der Waals surface area contributed by atoms with Gasteiger partial charge in [0.1, 0.15) is 0 Å². The minimum Gasteiger partial charge on any atom is -0.339 e. The Morgan fingerprint density at radius 1 is 1.10 bits per heavy atom. The molecule has 1 saturated carbocycles. The van der Waals surface area contributed by atoms with Crippen LogP contribution in [0.3, 0.4) is 0 Å². The van der Waals surface area contributed by atoms with Crippen molar-refractivity contribution in [3.8, 4) is 0 Å². The summed E-state index contributed by atoms with van der Waals surface area (Å²) >= 11 is 0. The van der Waals surface area contributed by atoms with E-state index in [1.165, 1.54) is 36.7 Å². The van der Waals surface area contributed by atoms with Crippen molar-refractivity contribution in [2.24, 2.45) is 13.0 Å². The topological polar surface area (TPSA) is 65.1 Å². The number of aryl methyl sites for hydroxylation is 2. The Kier molecular flexibility index (Phi) is 4.99. The molecule has 1 aliphatic carbocycles. The molecule has 0 saturated heterocycles. The molecule has 1 atom stereocenters. The zero-order valence-corrected chi connectivity index (χ0v) is 18.7. The number of rotatable bonds is 3. The maximum absolute atomic E-state index is 13.6. The molecule has 2 aliphatic rings. The molecule has 7 heteroatoms. The van der Waals surface area contributed by atoms with E-state index in [0.29, 0.717) is 23.1 Å². The second-order valence-electron chi connectivity index (χ2n) is 9.47. The first-order chi connectivity index (χ1) is 14.9. The molecule has 1 fully saturated rings. The van der Waals surface area contributed by atoms with Gasteiger partial charge in [0.25, 0.3) is 5.56 Å². The average molecular weight is 422 g/mol. The molecular formula is C24H31N5O2. The van der Waals surface area contributed by atoms with E-state index >= 15 is 0 Å². The molecule has 1 aromatic carbocycles. The van der Waals surface area contributed by atoms with Crippen molar-refractivity contribution in [1.82, 2.24) is 18.7 Å². The first-order valence-corrected chi connectivity index (χ1v) is 11.5. The first kappa shape index (κ1) is 20.1. The summed E-state index contributed by atoms with van der Waals surface area (Å²) in [6.07, 6.45) is 6.14. The second kappa shape index (κ2) is 7.70. The van der Waals surface area contributed by atoms with Gasteiger partial charge in [-0.3, -0.25) is 13.9 Å². The van der Waals surface area contributed by atoms with E-state index in [0.717, 1.165) is 30.2 Å². The quantitative estimate of drug-likeness (QED) is 0.652. The highest BCUT2D eigenvalue weighted by Gasteiger charge is 2.33. The van der Waals surface area contributed by atoms with Gasteiger partial charge in [0.15, 0.2) is 11.2 Å². The summed E-state index contributed by atoms with van der Waals surface area (Å²) < 4.78 is 4.98. The Hall–Kier alpha value is -2.83. The molecule has 0 bridgehead atoms. The lowest BCUT2D eigenvalue weighted by Gasteiger charge is -2.40. The van der Waals surface area contributed by atoms with Crippen LogP contribution in [0.4, 0.5) is 5.95 Å². The molecule has 3 heterocycles. The summed E-state index contributed by atoms with van der Waals surface area (Å²) in [7, 11) is 1.73. The minimum atomic E-state index is -0.313. The van der Waals surface area contributed by atoms with Crippen molar-refractivity contribution in [2.45, 2.75) is 65.1 Å². The van der Waals surface area contributed by atoms with Crippen molar-refractivity contribution in [2.75, 3.05) is 11.4 Å². The van der Waals surface area contributed by atoms with Gasteiger partial charge in [0, 0.05) is 26.2 Å². The van der Waals surface area contributed by atoms with Gasteiger partial charge in [-0.1, -0.05) is 56.0 Å². The summed E-state index contributed by atoms with van der Waals surface area (Å²) in [4.78, 5) is 34.0. The molecule has 0 amide bonds. The van der Waals surface area contributed by atoms with Crippen LogP contribution >= 0.6 is 0 Å². The SMILES string of the molecule is Cc1cccc(Cn2c(=O)c3c(nc4n3C[C@@H](C)CN4C3CCCCC3)n(C)c2=O)c1. The van der Waals surface area contributed by atoms with E-state index < -0.39 is 0 Å². The average Bonchev–Trinajstić information content (AvgIpc) is 3.15. The fourth-order valence-corrected chi connectivity index (χ4v) is 5.38. The maximum atomic E-state index is 13.6. The van der Waals surface area contributed by atoms with Crippen molar-refractivity contribution < 1.29 is 0 Å². The minimum absolute atomic E-state index is 0.240. The van der Waals surface area contributed by atoms with Crippen LogP contribution in [0, 0.1) is 12.8 Å². The molecule has 5 rings (SSSR count). The number of fused-ring (bicyclic) bond motifs is 3. The highest BCUT2D eigenvalue weighted by atomic mass is 16.2. The number of hydrogen-bond donors (Lipinski definition) is 0. The van der Waals surface area contributed by atoms with Gasteiger partial charge < -0.3 is 9.47 Å². The molecule has 7 nitrogen and oxygen atoms in total. The summed E-state index contributed by atoms with van der Waals surface area (Å²) in [5.41, 5.74) is 2.57. The van der Waals surface area contributed by atoms with Gasteiger partial charge in [-0.25, -0.2) is 4.79 Å². The number of benzene rings is 1. The normalized spacial score (nSPS) is 19.7. The van der Waals surface area contributed by atoms with Gasteiger partial charge in [-0.05, 0) is 31.2 Å². The number of hydrogen-bond acceptors (Lipinski definition) is 4. The van der Waals surface area contributed by atoms with Crippen LogP contribution in [0.15, 0.2) is 33.9 Å². The third-order valence-electron chi connectivity index (χ3n) is 6.91. The summed E-state index contributed by atoms with van der Waals surface area (Å²) in [5.74, 6) is 1.29. The van der Waals surface area contributed by atoms with E-state index in [2.05, 4.69) is 16.4 Å². The van der Waals surface area contributed by atoms with Crippen molar-refractivity contribution >= 4 is 17.1 Å². The highest BCUT2D eigenvalue weighted by Crippen LogP contribution is 2.33. The predicted molar refractivity (Wildman–Crippen MR) is 123 cm³/mol. The molecule has 164 valence electrons. The number of anilines is 1. The Bertz CT molecular complexity index is 1250. The van der Waals surface area contributed by atoms with E-state index in [1.807, 2.05) is 31.2 Å². The summed E-state index contributed by atoms with van der Waals surface area (Å²) in [5, 5.41) is 0. The van der Waals surface area contributed by atoms with Crippen LogP contribution in [-0.4, -0.2) is 31.3 Å². The zero-order chi connectivity index (χ0) is 21.7. The van der Waals surface area contributed by atoms with Crippen LogP contribution in [0.2, 0.25) is 0 Å². The number of imidazole rings is 1. The maximum Gasteiger partial charge on any atom is 0.332 e. The summed E-state index contributed by atoms with van der Waals surface area (Å²) in [6, 6.07) is 8.43. The lowest BCUT2D eigenvalue weighted by molar-refractivity contribution is 0.354. The standard InChI is InChI=1S/C24H31N5O2/c1-16-8-7-9-18(12-16)15-29-22(30)20-21(26(3)24(29)31)25-23-27(13-17(2)14-28(20)23)19-10-5-4-6-11-19/h7-9,12,17,19H,4-6,10-11,13-15H2,1-3H3/t17-/m0/s1. The second-order valence-corrected chi connectivity index (χ2v) is 9.47. The Balaban J connectivity index is 1.67. The van der Waals surface area contributed by atoms with Gasteiger partial charge in [-0.15, -0.1) is 0 Å². The number of nitrogens with zero attached hydrogens (tertiary/aromatic N) is 5. The Labute approximate surface area is 181 Å². The van der Waals surface area contributed by atoms with Crippen LogP contribution < -0.4 is 16.1 Å². The van der Waals surface area contributed by atoms with Crippen molar-refractivity contribution in [1.29, 1.82) is 0 Å². The monoisotopic (exact) mass is 421 g/mol. The molecule has 3 aromatic rings. The smallest absolute Gasteiger partial charge is 0.332 e. The molecule has 1 aliphatic heterocycles. The predicted octanol–water partition coefficient (Wildman–Crippen LogP) is 3.04. The van der Waals surface area contributed by atoms with Gasteiger partial charge in [-0.2, -0.15) is 4.98 Å². The Morgan fingerprint density at radius 3 is 2.61 bits per heavy atom. The molecule has 31 heavy (non-hydrogen) atoms.